The van der Waals surface area contributed by atoms with Crippen molar-refractivity contribution < 1.29 is 14.6 Å². The van der Waals surface area contributed by atoms with E-state index in [0.29, 0.717) is 11.8 Å². The van der Waals surface area contributed by atoms with Gasteiger partial charge < -0.3 is 9.84 Å². The van der Waals surface area contributed by atoms with Crippen molar-refractivity contribution in [3.63, 3.8) is 0 Å². The molecule has 19 heavy (non-hydrogen) atoms. The molecule has 3 nitrogen and oxygen atoms in total. The quantitative estimate of drug-likeness (QED) is 0.513. The Hall–Kier alpha value is -0.870. The van der Waals surface area contributed by atoms with Crippen LogP contribution in [0.3, 0.4) is 0 Å². The van der Waals surface area contributed by atoms with Crippen molar-refractivity contribution in [2.45, 2.75) is 33.5 Å². The zero-order chi connectivity index (χ0) is 14.5. The van der Waals surface area contributed by atoms with E-state index in [1.807, 2.05) is 51.1 Å². The Morgan fingerprint density at radius 2 is 1.89 bits per heavy atom. The first-order valence-corrected chi connectivity index (χ1v) is 7.45. The molecular formula is C15H21BrO3. The molecule has 106 valence electrons. The molecule has 0 heterocycles. The fourth-order valence-corrected chi connectivity index (χ4v) is 1.98. The summed E-state index contributed by atoms with van der Waals surface area (Å²) in [7, 11) is 0. The number of esters is 1. The van der Waals surface area contributed by atoms with E-state index in [9.17, 15) is 9.90 Å². The monoisotopic (exact) mass is 328 g/mol. The summed E-state index contributed by atoms with van der Waals surface area (Å²) in [5.74, 6) is -0.664. The molecule has 1 rings (SSSR count). The Balaban J connectivity index is 2.63. The first kappa shape index (κ1) is 16.2. The van der Waals surface area contributed by atoms with E-state index in [-0.39, 0.29) is 11.9 Å². The van der Waals surface area contributed by atoms with Crippen molar-refractivity contribution in [3.8, 4) is 0 Å². The van der Waals surface area contributed by atoms with E-state index in [1.165, 1.54) is 0 Å². The maximum absolute atomic E-state index is 12.0. The van der Waals surface area contributed by atoms with E-state index < -0.39 is 11.7 Å². The Kier molecular flexibility index (Phi) is 6.01. The van der Waals surface area contributed by atoms with Crippen molar-refractivity contribution >= 4 is 21.9 Å². The number of ether oxygens (including phenoxy) is 1. The highest BCUT2D eigenvalue weighted by atomic mass is 79.9. The number of benzene rings is 1. The second kappa shape index (κ2) is 7.06. The van der Waals surface area contributed by atoms with Crippen LogP contribution in [0.15, 0.2) is 30.3 Å². The van der Waals surface area contributed by atoms with E-state index in [4.69, 9.17) is 4.74 Å². The summed E-state index contributed by atoms with van der Waals surface area (Å²) in [5.41, 5.74) is 0.605. The Bertz CT molecular complexity index is 398. The predicted octanol–water partition coefficient (Wildman–Crippen LogP) is 3.15. The fourth-order valence-electron chi connectivity index (χ4n) is 1.48. The van der Waals surface area contributed by atoms with Crippen LogP contribution in [0.5, 0.6) is 0 Å². The van der Waals surface area contributed by atoms with Crippen LogP contribution in [0.2, 0.25) is 0 Å². The second-order valence-electron chi connectivity index (χ2n) is 5.70. The van der Waals surface area contributed by atoms with Crippen molar-refractivity contribution in [1.82, 2.24) is 0 Å². The number of aliphatic hydroxyl groups is 1. The first-order chi connectivity index (χ1) is 8.84. The summed E-state index contributed by atoms with van der Waals surface area (Å²) in [6.45, 7) is 5.47. The number of hydrogen-bond donors (Lipinski definition) is 1. The van der Waals surface area contributed by atoms with Gasteiger partial charge in [0.05, 0.1) is 5.92 Å². The van der Waals surface area contributed by atoms with Gasteiger partial charge in [0.2, 0.25) is 6.29 Å². The van der Waals surface area contributed by atoms with Crippen LogP contribution >= 0.6 is 15.9 Å². The highest BCUT2D eigenvalue weighted by Crippen LogP contribution is 2.22. The molecule has 0 aliphatic heterocycles. The van der Waals surface area contributed by atoms with Crippen LogP contribution in [-0.2, 0) is 16.0 Å². The van der Waals surface area contributed by atoms with Crippen LogP contribution < -0.4 is 0 Å². The number of hydrogen-bond acceptors (Lipinski definition) is 3. The lowest BCUT2D eigenvalue weighted by Gasteiger charge is -2.26. The van der Waals surface area contributed by atoms with Crippen LogP contribution in [-0.4, -0.2) is 22.7 Å². The maximum atomic E-state index is 12.0. The van der Waals surface area contributed by atoms with Gasteiger partial charge in [-0.2, -0.15) is 0 Å². The molecule has 4 heteroatoms. The lowest BCUT2D eigenvalue weighted by Crippen LogP contribution is -2.34. The number of aliphatic hydroxyl groups excluding tert-OH is 1. The molecule has 1 N–H and O–H groups in total. The van der Waals surface area contributed by atoms with Gasteiger partial charge >= 0.3 is 5.97 Å². The van der Waals surface area contributed by atoms with Crippen LogP contribution in [0, 0.1) is 11.3 Å². The molecule has 0 fully saturated rings. The van der Waals surface area contributed by atoms with E-state index in [1.54, 1.807) is 0 Å². The summed E-state index contributed by atoms with van der Waals surface area (Å²) < 4.78 is 5.13. The lowest BCUT2D eigenvalue weighted by molar-refractivity contribution is -0.190. The molecule has 0 aromatic heterocycles. The van der Waals surface area contributed by atoms with Gasteiger partial charge in [-0.25, -0.2) is 0 Å². The largest absolute Gasteiger partial charge is 0.435 e. The minimum Gasteiger partial charge on any atom is -0.435 e. The molecule has 2 atom stereocenters. The SMILES string of the molecule is CC(C)(C)[C@@H](O)OC(=O)[C@@H](CBr)Cc1ccccc1. The molecule has 1 aromatic carbocycles. The third-order valence-corrected chi connectivity index (χ3v) is 3.59. The molecule has 0 radical (unpaired) electrons. The van der Waals surface area contributed by atoms with E-state index in [2.05, 4.69) is 15.9 Å². The summed E-state index contributed by atoms with van der Waals surface area (Å²) in [4.78, 5) is 12.0. The van der Waals surface area contributed by atoms with Gasteiger partial charge in [0.15, 0.2) is 0 Å². The number of carbonyl (C=O) groups is 1. The predicted molar refractivity (Wildman–Crippen MR) is 79.0 cm³/mol. The van der Waals surface area contributed by atoms with Gasteiger partial charge in [0.25, 0.3) is 0 Å². The summed E-state index contributed by atoms with van der Waals surface area (Å²) in [6.07, 6.45) is -0.487. The third kappa shape index (κ3) is 5.33. The smallest absolute Gasteiger partial charge is 0.312 e. The van der Waals surface area contributed by atoms with Gasteiger partial charge in [0, 0.05) is 10.7 Å². The van der Waals surface area contributed by atoms with Crippen molar-refractivity contribution in [2.24, 2.45) is 11.3 Å². The molecule has 0 aliphatic carbocycles. The fraction of sp³-hybridized carbons (Fsp3) is 0.533. The van der Waals surface area contributed by atoms with Crippen molar-refractivity contribution in [1.29, 1.82) is 0 Å². The van der Waals surface area contributed by atoms with Gasteiger partial charge in [-0.15, -0.1) is 0 Å². The number of rotatable bonds is 5. The lowest BCUT2D eigenvalue weighted by atomic mass is 9.96. The van der Waals surface area contributed by atoms with Crippen LogP contribution in [0.1, 0.15) is 26.3 Å². The highest BCUT2D eigenvalue weighted by molar-refractivity contribution is 9.09. The van der Waals surface area contributed by atoms with Gasteiger partial charge in [-0.3, -0.25) is 4.79 Å². The molecule has 0 aliphatic rings. The van der Waals surface area contributed by atoms with Crippen molar-refractivity contribution in [3.05, 3.63) is 35.9 Å². The zero-order valence-electron chi connectivity index (χ0n) is 11.6. The summed E-state index contributed by atoms with van der Waals surface area (Å²) in [5, 5.41) is 10.3. The molecule has 0 unspecified atom stereocenters. The van der Waals surface area contributed by atoms with Crippen LogP contribution in [0.25, 0.3) is 0 Å². The molecule has 0 bridgehead atoms. The molecule has 0 saturated heterocycles. The topological polar surface area (TPSA) is 46.5 Å². The van der Waals surface area contributed by atoms with Crippen LogP contribution in [0.4, 0.5) is 0 Å². The highest BCUT2D eigenvalue weighted by Gasteiger charge is 2.29. The van der Waals surface area contributed by atoms with Gasteiger partial charge in [-0.05, 0) is 12.0 Å². The number of alkyl halides is 1. The maximum Gasteiger partial charge on any atom is 0.312 e. The molecule has 0 saturated carbocycles. The average molecular weight is 329 g/mol. The normalized spacial score (nSPS) is 14.8. The first-order valence-electron chi connectivity index (χ1n) is 6.33. The van der Waals surface area contributed by atoms with Crippen molar-refractivity contribution in [2.75, 3.05) is 5.33 Å². The van der Waals surface area contributed by atoms with E-state index in [0.717, 1.165) is 5.56 Å². The minimum atomic E-state index is -1.09. The Labute approximate surface area is 123 Å². The third-order valence-electron chi connectivity index (χ3n) is 2.81. The molecule has 0 spiro atoms. The standard InChI is InChI=1S/C15H21BrO3/c1-15(2,3)14(18)19-13(17)12(10-16)9-11-7-5-4-6-8-11/h4-8,12,14,18H,9-10H2,1-3H3/t12-,14+/m1/s1. The zero-order valence-corrected chi connectivity index (χ0v) is 13.2. The summed E-state index contributed by atoms with van der Waals surface area (Å²) in [6, 6.07) is 9.77. The number of halogens is 1. The number of carbonyl (C=O) groups excluding carboxylic acids is 1. The Morgan fingerprint density at radius 1 is 1.32 bits per heavy atom. The average Bonchev–Trinajstić information content (AvgIpc) is 2.35. The molecule has 0 amide bonds. The molecular weight excluding hydrogens is 308 g/mol. The minimum absolute atomic E-state index is 0.292. The summed E-state index contributed by atoms with van der Waals surface area (Å²) >= 11 is 3.33. The van der Waals surface area contributed by atoms with Gasteiger partial charge in [-0.1, -0.05) is 67.0 Å². The second-order valence-corrected chi connectivity index (χ2v) is 6.34. The Morgan fingerprint density at radius 3 is 2.37 bits per heavy atom. The van der Waals surface area contributed by atoms with E-state index >= 15 is 0 Å². The van der Waals surface area contributed by atoms with Gasteiger partial charge in [0.1, 0.15) is 0 Å². The molecule has 1 aromatic rings.